The van der Waals surface area contributed by atoms with Gasteiger partial charge in [0.15, 0.2) is 5.82 Å². The zero-order valence-corrected chi connectivity index (χ0v) is 17.5. The summed E-state index contributed by atoms with van der Waals surface area (Å²) in [4.78, 5) is 23.8. The summed E-state index contributed by atoms with van der Waals surface area (Å²) >= 11 is 0. The average Bonchev–Trinajstić information content (AvgIpc) is 3.15. The van der Waals surface area contributed by atoms with Crippen LogP contribution in [0.1, 0.15) is 41.6 Å². The van der Waals surface area contributed by atoms with E-state index < -0.39 is 0 Å². The molecule has 1 aromatic carbocycles. The van der Waals surface area contributed by atoms with E-state index in [0.29, 0.717) is 18.3 Å². The molecule has 2 aromatic rings. The lowest BCUT2D eigenvalue weighted by Gasteiger charge is -2.37. The zero-order valence-electron chi connectivity index (χ0n) is 17.5. The lowest BCUT2D eigenvalue weighted by molar-refractivity contribution is -0.134. The van der Waals surface area contributed by atoms with Crippen molar-refractivity contribution in [1.82, 2.24) is 24.8 Å². The number of aromatic nitrogens is 2. The maximum absolute atomic E-state index is 12.8. The molecule has 0 atom stereocenters. The fourth-order valence-electron chi connectivity index (χ4n) is 4.33. The lowest BCUT2D eigenvalue weighted by Crippen LogP contribution is -2.51. The summed E-state index contributed by atoms with van der Waals surface area (Å²) in [5.41, 5.74) is 2.65. The number of piperidine rings is 1. The van der Waals surface area contributed by atoms with Gasteiger partial charge in [-0.3, -0.25) is 14.6 Å². The molecule has 156 valence electrons. The van der Waals surface area contributed by atoms with Crippen molar-refractivity contribution in [1.29, 1.82) is 0 Å². The summed E-state index contributed by atoms with van der Waals surface area (Å²) in [6.07, 6.45) is 1.94. The number of likely N-dealkylation sites (tertiary alicyclic amines) is 1. The van der Waals surface area contributed by atoms with Crippen LogP contribution in [0.15, 0.2) is 28.8 Å². The molecule has 2 aliphatic heterocycles. The topological polar surface area (TPSA) is 65.7 Å². The van der Waals surface area contributed by atoms with Gasteiger partial charge in [0.1, 0.15) is 0 Å². The third-order valence-corrected chi connectivity index (χ3v) is 6.05. The van der Waals surface area contributed by atoms with E-state index in [9.17, 15) is 4.79 Å². The minimum Gasteiger partial charge on any atom is -0.339 e. The number of rotatable bonds is 5. The molecule has 0 saturated carbocycles. The van der Waals surface area contributed by atoms with Crippen molar-refractivity contribution in [2.45, 2.75) is 39.2 Å². The zero-order chi connectivity index (χ0) is 20.2. The van der Waals surface area contributed by atoms with Gasteiger partial charge in [0, 0.05) is 38.6 Å². The predicted octanol–water partition coefficient (Wildman–Crippen LogP) is 2.21. The smallest absolute Gasteiger partial charge is 0.236 e. The molecule has 2 aliphatic rings. The largest absolute Gasteiger partial charge is 0.339 e. The van der Waals surface area contributed by atoms with Crippen LogP contribution in [0.4, 0.5) is 0 Å². The number of amides is 1. The molecule has 1 amide bonds. The molecule has 7 nitrogen and oxygen atoms in total. The summed E-state index contributed by atoms with van der Waals surface area (Å²) in [7, 11) is 0. The van der Waals surface area contributed by atoms with Gasteiger partial charge in [-0.25, -0.2) is 0 Å². The van der Waals surface area contributed by atoms with Gasteiger partial charge < -0.3 is 9.42 Å². The number of aryl methyl sites for hydroxylation is 2. The van der Waals surface area contributed by atoms with E-state index in [2.05, 4.69) is 51.1 Å². The summed E-state index contributed by atoms with van der Waals surface area (Å²) in [5.74, 6) is 2.03. The number of piperazine rings is 1. The van der Waals surface area contributed by atoms with Crippen LogP contribution in [0.25, 0.3) is 0 Å². The maximum Gasteiger partial charge on any atom is 0.236 e. The third kappa shape index (κ3) is 5.22. The molecule has 7 heteroatoms. The van der Waals surface area contributed by atoms with Gasteiger partial charge in [-0.05, 0) is 45.3 Å². The van der Waals surface area contributed by atoms with Crippen LogP contribution in [0.5, 0.6) is 0 Å². The number of benzene rings is 1. The van der Waals surface area contributed by atoms with Gasteiger partial charge in [-0.15, -0.1) is 0 Å². The Bertz CT molecular complexity index is 820. The SMILES string of the molecule is Cc1cccc(CN2CCN(C(=O)CN3CCC(c4nc(C)no4)CC3)CC2)c1. The molecule has 0 radical (unpaired) electrons. The van der Waals surface area contributed by atoms with E-state index in [-0.39, 0.29) is 5.91 Å². The summed E-state index contributed by atoms with van der Waals surface area (Å²) in [5, 5.41) is 3.89. The molecular weight excluding hydrogens is 366 g/mol. The second-order valence-electron chi connectivity index (χ2n) is 8.38. The molecule has 0 N–H and O–H groups in total. The Kier molecular flexibility index (Phi) is 6.25. The molecule has 1 aromatic heterocycles. The van der Waals surface area contributed by atoms with Crippen LogP contribution < -0.4 is 0 Å². The normalized spacial score (nSPS) is 19.6. The minimum atomic E-state index is 0.257. The molecule has 29 heavy (non-hydrogen) atoms. The highest BCUT2D eigenvalue weighted by atomic mass is 16.5. The van der Waals surface area contributed by atoms with E-state index in [0.717, 1.165) is 64.5 Å². The standard InChI is InChI=1S/C22H31N5O2/c1-17-4-3-5-19(14-17)15-26-10-12-27(13-11-26)21(28)16-25-8-6-20(7-9-25)22-23-18(2)24-29-22/h3-5,14,20H,6-13,15-16H2,1-2H3. The van der Waals surface area contributed by atoms with Gasteiger partial charge in [-0.2, -0.15) is 4.98 Å². The quantitative estimate of drug-likeness (QED) is 0.771. The van der Waals surface area contributed by atoms with Crippen LogP contribution in [-0.4, -0.2) is 76.6 Å². The first kappa shape index (κ1) is 20.0. The average molecular weight is 398 g/mol. The summed E-state index contributed by atoms with van der Waals surface area (Å²) in [6, 6.07) is 8.68. The van der Waals surface area contributed by atoms with Gasteiger partial charge in [-0.1, -0.05) is 35.0 Å². The van der Waals surface area contributed by atoms with E-state index in [4.69, 9.17) is 4.52 Å². The van der Waals surface area contributed by atoms with Crippen molar-refractivity contribution >= 4 is 5.91 Å². The van der Waals surface area contributed by atoms with Gasteiger partial charge in [0.25, 0.3) is 0 Å². The maximum atomic E-state index is 12.8. The van der Waals surface area contributed by atoms with Crippen molar-refractivity contribution < 1.29 is 9.32 Å². The lowest BCUT2D eigenvalue weighted by atomic mass is 9.97. The van der Waals surface area contributed by atoms with Crippen molar-refractivity contribution in [3.8, 4) is 0 Å². The molecule has 0 bridgehead atoms. The van der Waals surface area contributed by atoms with Crippen molar-refractivity contribution in [2.24, 2.45) is 0 Å². The molecule has 0 aliphatic carbocycles. The Morgan fingerprint density at radius 2 is 1.83 bits per heavy atom. The van der Waals surface area contributed by atoms with E-state index >= 15 is 0 Å². The van der Waals surface area contributed by atoms with Crippen LogP contribution >= 0.6 is 0 Å². The van der Waals surface area contributed by atoms with E-state index in [1.807, 2.05) is 11.8 Å². The van der Waals surface area contributed by atoms with Crippen LogP contribution in [-0.2, 0) is 11.3 Å². The molecule has 2 saturated heterocycles. The molecular formula is C22H31N5O2. The first-order valence-electron chi connectivity index (χ1n) is 10.6. The highest BCUT2D eigenvalue weighted by Crippen LogP contribution is 2.26. The van der Waals surface area contributed by atoms with Crippen LogP contribution in [0.2, 0.25) is 0 Å². The molecule has 4 rings (SSSR count). The van der Waals surface area contributed by atoms with Gasteiger partial charge >= 0.3 is 0 Å². The molecule has 0 unspecified atom stereocenters. The van der Waals surface area contributed by atoms with Crippen molar-refractivity contribution in [2.75, 3.05) is 45.8 Å². The Morgan fingerprint density at radius 1 is 1.07 bits per heavy atom. The van der Waals surface area contributed by atoms with Gasteiger partial charge in [0.2, 0.25) is 11.8 Å². The minimum absolute atomic E-state index is 0.257. The Balaban J connectivity index is 1.19. The van der Waals surface area contributed by atoms with Gasteiger partial charge in [0.05, 0.1) is 6.54 Å². The highest BCUT2D eigenvalue weighted by molar-refractivity contribution is 5.78. The summed E-state index contributed by atoms with van der Waals surface area (Å²) < 4.78 is 5.31. The van der Waals surface area contributed by atoms with Crippen molar-refractivity contribution in [3.63, 3.8) is 0 Å². The number of hydrogen-bond donors (Lipinski definition) is 0. The van der Waals surface area contributed by atoms with Crippen LogP contribution in [0, 0.1) is 13.8 Å². The Morgan fingerprint density at radius 3 is 2.48 bits per heavy atom. The van der Waals surface area contributed by atoms with E-state index in [1.54, 1.807) is 0 Å². The molecule has 2 fully saturated rings. The number of carbonyl (C=O) groups excluding carboxylic acids is 1. The number of nitrogens with zero attached hydrogens (tertiary/aromatic N) is 5. The Hall–Kier alpha value is -2.25. The Labute approximate surface area is 172 Å². The first-order valence-corrected chi connectivity index (χ1v) is 10.6. The molecule has 0 spiro atoms. The highest BCUT2D eigenvalue weighted by Gasteiger charge is 2.28. The fraction of sp³-hybridized carbons (Fsp3) is 0.591. The number of hydrogen-bond acceptors (Lipinski definition) is 6. The predicted molar refractivity (Wildman–Crippen MR) is 110 cm³/mol. The monoisotopic (exact) mass is 397 g/mol. The van der Waals surface area contributed by atoms with Crippen molar-refractivity contribution in [3.05, 3.63) is 47.1 Å². The third-order valence-electron chi connectivity index (χ3n) is 6.05. The summed E-state index contributed by atoms with van der Waals surface area (Å²) in [6.45, 7) is 10.8. The fourth-order valence-corrected chi connectivity index (χ4v) is 4.33. The second kappa shape index (κ2) is 9.05. The van der Waals surface area contributed by atoms with Crippen LogP contribution in [0.3, 0.4) is 0 Å². The second-order valence-corrected chi connectivity index (χ2v) is 8.38. The molecule has 3 heterocycles. The number of carbonyl (C=O) groups is 1. The van der Waals surface area contributed by atoms with E-state index in [1.165, 1.54) is 11.1 Å². The first-order chi connectivity index (χ1) is 14.1.